The lowest BCUT2D eigenvalue weighted by atomic mass is 10.3. The minimum Gasteiger partial charge on any atom is -0.356 e. The number of unbranched alkanes of at least 4 members (excludes halogenated alkanes) is 1. The monoisotopic (exact) mass is 163 g/mol. The highest BCUT2D eigenvalue weighted by Crippen LogP contribution is 1.86. The SMILES string of the molecule is CCCCNC(=O)CCCl. The van der Waals surface area contributed by atoms with Crippen LogP contribution in [0.25, 0.3) is 0 Å². The number of hydrogen-bond acceptors (Lipinski definition) is 1. The zero-order chi connectivity index (χ0) is 7.82. The van der Waals surface area contributed by atoms with E-state index >= 15 is 0 Å². The van der Waals surface area contributed by atoms with Crippen LogP contribution in [0.3, 0.4) is 0 Å². The third-order valence-corrected chi connectivity index (χ3v) is 1.36. The van der Waals surface area contributed by atoms with E-state index in [1.807, 2.05) is 0 Å². The van der Waals surface area contributed by atoms with E-state index < -0.39 is 0 Å². The summed E-state index contributed by atoms with van der Waals surface area (Å²) in [5.41, 5.74) is 0. The topological polar surface area (TPSA) is 29.1 Å². The molecule has 0 bridgehead atoms. The van der Waals surface area contributed by atoms with E-state index in [0.717, 1.165) is 19.4 Å². The van der Waals surface area contributed by atoms with Crippen LogP contribution in [0.2, 0.25) is 0 Å². The van der Waals surface area contributed by atoms with Gasteiger partial charge in [-0.2, -0.15) is 0 Å². The molecule has 10 heavy (non-hydrogen) atoms. The first kappa shape index (κ1) is 9.76. The van der Waals surface area contributed by atoms with Crippen molar-refractivity contribution < 1.29 is 4.79 Å². The number of carbonyl (C=O) groups is 1. The van der Waals surface area contributed by atoms with Crippen molar-refractivity contribution in [3.63, 3.8) is 0 Å². The molecule has 0 unspecified atom stereocenters. The highest BCUT2D eigenvalue weighted by molar-refractivity contribution is 6.18. The van der Waals surface area contributed by atoms with E-state index in [-0.39, 0.29) is 5.91 Å². The van der Waals surface area contributed by atoms with Gasteiger partial charge in [0.25, 0.3) is 0 Å². The molecule has 0 spiro atoms. The van der Waals surface area contributed by atoms with Gasteiger partial charge in [-0.15, -0.1) is 11.6 Å². The summed E-state index contributed by atoms with van der Waals surface area (Å²) in [4.78, 5) is 10.7. The minimum absolute atomic E-state index is 0.0588. The van der Waals surface area contributed by atoms with Gasteiger partial charge in [0.2, 0.25) is 5.91 Å². The van der Waals surface area contributed by atoms with Crippen molar-refractivity contribution in [3.05, 3.63) is 0 Å². The first-order valence-electron chi connectivity index (χ1n) is 3.64. The number of carbonyl (C=O) groups excluding carboxylic acids is 1. The molecule has 0 heterocycles. The van der Waals surface area contributed by atoms with Crippen molar-refractivity contribution in [3.8, 4) is 0 Å². The lowest BCUT2D eigenvalue weighted by Gasteiger charge is -2.00. The molecule has 60 valence electrons. The van der Waals surface area contributed by atoms with E-state index in [4.69, 9.17) is 11.6 Å². The van der Waals surface area contributed by atoms with Gasteiger partial charge in [0.15, 0.2) is 0 Å². The minimum atomic E-state index is 0.0588. The normalized spacial score (nSPS) is 9.40. The highest BCUT2D eigenvalue weighted by Gasteiger charge is 1.96. The van der Waals surface area contributed by atoms with Crippen LogP contribution in [-0.4, -0.2) is 18.3 Å². The lowest BCUT2D eigenvalue weighted by Crippen LogP contribution is -2.24. The van der Waals surface area contributed by atoms with Crippen LogP contribution in [0.15, 0.2) is 0 Å². The van der Waals surface area contributed by atoms with Gasteiger partial charge in [-0.05, 0) is 6.42 Å². The number of nitrogens with one attached hydrogen (secondary N) is 1. The molecule has 0 atom stereocenters. The predicted molar refractivity (Wildman–Crippen MR) is 43.3 cm³/mol. The Morgan fingerprint density at radius 1 is 1.60 bits per heavy atom. The molecule has 0 saturated carbocycles. The number of hydrogen-bond donors (Lipinski definition) is 1. The third-order valence-electron chi connectivity index (χ3n) is 1.17. The maximum atomic E-state index is 10.7. The molecule has 0 aromatic rings. The molecule has 0 fully saturated rings. The van der Waals surface area contributed by atoms with Gasteiger partial charge in [-0.3, -0.25) is 4.79 Å². The Kier molecular flexibility index (Phi) is 6.71. The lowest BCUT2D eigenvalue weighted by molar-refractivity contribution is -0.120. The van der Waals surface area contributed by atoms with Gasteiger partial charge in [0.1, 0.15) is 0 Å². The zero-order valence-electron chi connectivity index (χ0n) is 6.32. The molecule has 0 aliphatic heterocycles. The molecule has 2 nitrogen and oxygen atoms in total. The van der Waals surface area contributed by atoms with Crippen LogP contribution < -0.4 is 5.32 Å². The average molecular weight is 164 g/mol. The fourth-order valence-electron chi connectivity index (χ4n) is 0.579. The molecule has 0 aliphatic carbocycles. The smallest absolute Gasteiger partial charge is 0.221 e. The maximum Gasteiger partial charge on any atom is 0.221 e. The summed E-state index contributed by atoms with van der Waals surface area (Å²) in [6.45, 7) is 2.87. The van der Waals surface area contributed by atoms with Crippen molar-refractivity contribution in [1.82, 2.24) is 5.32 Å². The van der Waals surface area contributed by atoms with Crippen LogP contribution in [0, 0.1) is 0 Å². The Morgan fingerprint density at radius 3 is 2.80 bits per heavy atom. The highest BCUT2D eigenvalue weighted by atomic mass is 35.5. The molecular weight excluding hydrogens is 150 g/mol. The molecule has 1 amide bonds. The average Bonchev–Trinajstić information content (AvgIpc) is 1.89. The molecular formula is C7H14ClNO. The first-order chi connectivity index (χ1) is 4.81. The van der Waals surface area contributed by atoms with Crippen molar-refractivity contribution in [2.75, 3.05) is 12.4 Å². The second kappa shape index (κ2) is 6.87. The third kappa shape index (κ3) is 5.89. The van der Waals surface area contributed by atoms with E-state index in [0.29, 0.717) is 12.3 Å². The Bertz CT molecular complexity index is 95.6. The Labute approximate surface area is 66.9 Å². The number of halogens is 1. The predicted octanol–water partition coefficient (Wildman–Crippen LogP) is 1.53. The fraction of sp³-hybridized carbons (Fsp3) is 0.857. The van der Waals surface area contributed by atoms with Gasteiger partial charge in [0.05, 0.1) is 0 Å². The quantitative estimate of drug-likeness (QED) is 0.484. The Balaban J connectivity index is 3.05. The van der Waals surface area contributed by atoms with E-state index in [2.05, 4.69) is 12.2 Å². The number of amides is 1. The molecule has 0 aromatic carbocycles. The van der Waals surface area contributed by atoms with Crippen LogP contribution >= 0.6 is 11.6 Å². The summed E-state index contributed by atoms with van der Waals surface area (Å²) < 4.78 is 0. The van der Waals surface area contributed by atoms with Gasteiger partial charge in [0, 0.05) is 18.8 Å². The molecule has 0 saturated heterocycles. The Hall–Kier alpha value is -0.240. The van der Waals surface area contributed by atoms with Crippen molar-refractivity contribution in [2.24, 2.45) is 0 Å². The summed E-state index contributed by atoms with van der Waals surface area (Å²) in [5, 5.41) is 2.76. The van der Waals surface area contributed by atoms with Crippen molar-refractivity contribution in [1.29, 1.82) is 0 Å². The maximum absolute atomic E-state index is 10.7. The second-order valence-electron chi connectivity index (χ2n) is 2.14. The van der Waals surface area contributed by atoms with Crippen molar-refractivity contribution in [2.45, 2.75) is 26.2 Å². The molecule has 0 aromatic heterocycles. The largest absolute Gasteiger partial charge is 0.356 e. The Morgan fingerprint density at radius 2 is 2.30 bits per heavy atom. The van der Waals surface area contributed by atoms with Crippen LogP contribution in [0.5, 0.6) is 0 Å². The zero-order valence-corrected chi connectivity index (χ0v) is 7.08. The summed E-state index contributed by atoms with van der Waals surface area (Å²) in [6, 6.07) is 0. The van der Waals surface area contributed by atoms with Gasteiger partial charge < -0.3 is 5.32 Å². The van der Waals surface area contributed by atoms with Crippen molar-refractivity contribution >= 4 is 17.5 Å². The molecule has 0 aliphatic rings. The summed E-state index contributed by atoms with van der Waals surface area (Å²) in [6.07, 6.45) is 2.60. The van der Waals surface area contributed by atoms with Gasteiger partial charge >= 0.3 is 0 Å². The summed E-state index contributed by atoms with van der Waals surface area (Å²) in [7, 11) is 0. The number of rotatable bonds is 5. The van der Waals surface area contributed by atoms with Crippen LogP contribution in [0.4, 0.5) is 0 Å². The summed E-state index contributed by atoms with van der Waals surface area (Å²) in [5.74, 6) is 0.473. The van der Waals surface area contributed by atoms with Gasteiger partial charge in [-0.1, -0.05) is 13.3 Å². The summed E-state index contributed by atoms with van der Waals surface area (Å²) >= 11 is 5.35. The van der Waals surface area contributed by atoms with Gasteiger partial charge in [-0.25, -0.2) is 0 Å². The van der Waals surface area contributed by atoms with E-state index in [1.165, 1.54) is 0 Å². The standard InChI is InChI=1S/C7H14ClNO/c1-2-3-6-9-7(10)4-5-8/h2-6H2,1H3,(H,9,10). The first-order valence-corrected chi connectivity index (χ1v) is 4.17. The fourth-order valence-corrected chi connectivity index (χ4v) is 0.750. The second-order valence-corrected chi connectivity index (χ2v) is 2.52. The van der Waals surface area contributed by atoms with E-state index in [1.54, 1.807) is 0 Å². The van der Waals surface area contributed by atoms with Crippen LogP contribution in [0.1, 0.15) is 26.2 Å². The number of alkyl halides is 1. The van der Waals surface area contributed by atoms with Crippen LogP contribution in [-0.2, 0) is 4.79 Å². The molecule has 0 radical (unpaired) electrons. The molecule has 0 rings (SSSR count). The molecule has 3 heteroatoms. The van der Waals surface area contributed by atoms with E-state index in [9.17, 15) is 4.79 Å². The molecule has 1 N–H and O–H groups in total.